The van der Waals surface area contributed by atoms with Crippen molar-refractivity contribution in [1.82, 2.24) is 0 Å². The number of carbonyl (C=O) groups excluding carboxylic acids is 1. The first-order valence-corrected chi connectivity index (χ1v) is 7.38. The maximum absolute atomic E-state index is 12.0. The maximum Gasteiger partial charge on any atom is 0.234 e. The third kappa shape index (κ3) is 2.57. The number of hydrogen-bond donors (Lipinski definition) is 2. The standard InChI is InChI=1S/C18H20N2O2/c1-18(2)14-10-12(8-9-16(14)20-17(18)21)15(19)11-22-13-6-4-3-5-7-13/h3-10,15H,11,19H2,1-2H3,(H,20,21). The minimum atomic E-state index is -0.522. The Labute approximate surface area is 130 Å². The van der Waals surface area contributed by atoms with Gasteiger partial charge in [-0.1, -0.05) is 30.3 Å². The van der Waals surface area contributed by atoms with Crippen LogP contribution in [0.25, 0.3) is 0 Å². The summed E-state index contributed by atoms with van der Waals surface area (Å²) in [5.41, 5.74) is 8.54. The van der Waals surface area contributed by atoms with Gasteiger partial charge in [0.1, 0.15) is 12.4 Å². The quantitative estimate of drug-likeness (QED) is 0.911. The van der Waals surface area contributed by atoms with Crippen LogP contribution in [-0.2, 0) is 10.2 Å². The number of rotatable bonds is 4. The van der Waals surface area contributed by atoms with Crippen LogP contribution in [0, 0.1) is 0 Å². The average molecular weight is 296 g/mol. The van der Waals surface area contributed by atoms with E-state index in [2.05, 4.69) is 5.32 Å². The van der Waals surface area contributed by atoms with Crippen molar-refractivity contribution >= 4 is 11.6 Å². The van der Waals surface area contributed by atoms with Crippen molar-refractivity contribution in [2.24, 2.45) is 5.73 Å². The molecule has 1 amide bonds. The summed E-state index contributed by atoms with van der Waals surface area (Å²) in [6.07, 6.45) is 0. The topological polar surface area (TPSA) is 64.4 Å². The van der Waals surface area contributed by atoms with Crippen LogP contribution in [0.5, 0.6) is 5.75 Å². The zero-order chi connectivity index (χ0) is 15.7. The second kappa shape index (κ2) is 5.46. The molecule has 1 unspecified atom stereocenters. The Balaban J connectivity index is 1.76. The van der Waals surface area contributed by atoms with Crippen LogP contribution in [0.1, 0.15) is 31.0 Å². The van der Waals surface area contributed by atoms with Gasteiger partial charge in [0.2, 0.25) is 5.91 Å². The Morgan fingerprint density at radius 2 is 1.91 bits per heavy atom. The van der Waals surface area contributed by atoms with Gasteiger partial charge < -0.3 is 15.8 Å². The highest BCUT2D eigenvalue weighted by Crippen LogP contribution is 2.38. The highest BCUT2D eigenvalue weighted by Gasteiger charge is 2.38. The van der Waals surface area contributed by atoms with Crippen LogP contribution in [-0.4, -0.2) is 12.5 Å². The number of carbonyl (C=O) groups is 1. The highest BCUT2D eigenvalue weighted by molar-refractivity contribution is 6.05. The number of anilines is 1. The molecule has 2 aromatic carbocycles. The fourth-order valence-electron chi connectivity index (χ4n) is 2.62. The molecule has 0 radical (unpaired) electrons. The molecule has 4 heteroatoms. The molecule has 0 bridgehead atoms. The lowest BCUT2D eigenvalue weighted by Gasteiger charge is -2.18. The number of amides is 1. The largest absolute Gasteiger partial charge is 0.492 e. The first kappa shape index (κ1) is 14.6. The fourth-order valence-corrected chi connectivity index (χ4v) is 2.62. The summed E-state index contributed by atoms with van der Waals surface area (Å²) in [5.74, 6) is 0.824. The molecule has 1 aliphatic heterocycles. The number of benzene rings is 2. The number of fused-ring (bicyclic) bond motifs is 1. The van der Waals surface area contributed by atoms with Crippen LogP contribution >= 0.6 is 0 Å². The smallest absolute Gasteiger partial charge is 0.234 e. The highest BCUT2D eigenvalue weighted by atomic mass is 16.5. The molecule has 1 heterocycles. The molecule has 2 aromatic rings. The first-order valence-electron chi connectivity index (χ1n) is 7.38. The Morgan fingerprint density at radius 3 is 2.64 bits per heavy atom. The molecule has 1 aliphatic rings. The minimum Gasteiger partial charge on any atom is -0.492 e. The molecule has 22 heavy (non-hydrogen) atoms. The Hall–Kier alpha value is -2.33. The Morgan fingerprint density at radius 1 is 1.18 bits per heavy atom. The molecular formula is C18H20N2O2. The average Bonchev–Trinajstić information content (AvgIpc) is 2.75. The van der Waals surface area contributed by atoms with Gasteiger partial charge in [-0.05, 0) is 43.2 Å². The summed E-state index contributed by atoms with van der Waals surface area (Å²) >= 11 is 0. The fraction of sp³-hybridized carbons (Fsp3) is 0.278. The van der Waals surface area contributed by atoms with Crippen molar-refractivity contribution in [2.75, 3.05) is 11.9 Å². The van der Waals surface area contributed by atoms with E-state index < -0.39 is 5.41 Å². The molecule has 0 saturated heterocycles. The van der Waals surface area contributed by atoms with Gasteiger partial charge >= 0.3 is 0 Å². The predicted molar refractivity (Wildman–Crippen MR) is 87.0 cm³/mol. The van der Waals surface area contributed by atoms with Gasteiger partial charge in [0.15, 0.2) is 0 Å². The normalized spacial score (nSPS) is 16.8. The number of nitrogens with two attached hydrogens (primary N) is 1. The van der Waals surface area contributed by atoms with Crippen LogP contribution in [0.2, 0.25) is 0 Å². The summed E-state index contributed by atoms with van der Waals surface area (Å²) in [6, 6.07) is 15.2. The molecule has 4 nitrogen and oxygen atoms in total. The van der Waals surface area contributed by atoms with Crippen molar-refractivity contribution < 1.29 is 9.53 Å². The summed E-state index contributed by atoms with van der Waals surface area (Å²) in [4.78, 5) is 12.0. The molecule has 3 N–H and O–H groups in total. The number of para-hydroxylation sites is 1. The molecule has 0 spiro atoms. The number of hydrogen-bond acceptors (Lipinski definition) is 3. The van der Waals surface area contributed by atoms with Crippen molar-refractivity contribution in [1.29, 1.82) is 0 Å². The lowest BCUT2D eigenvalue weighted by molar-refractivity contribution is -0.119. The van der Waals surface area contributed by atoms with E-state index in [-0.39, 0.29) is 11.9 Å². The molecule has 114 valence electrons. The van der Waals surface area contributed by atoms with Crippen molar-refractivity contribution in [3.63, 3.8) is 0 Å². The van der Waals surface area contributed by atoms with Gasteiger partial charge in [-0.15, -0.1) is 0 Å². The monoisotopic (exact) mass is 296 g/mol. The molecule has 3 rings (SSSR count). The maximum atomic E-state index is 12.0. The first-order chi connectivity index (χ1) is 10.5. The number of ether oxygens (including phenoxy) is 1. The Bertz CT molecular complexity index is 695. The van der Waals surface area contributed by atoms with E-state index in [1.165, 1.54) is 0 Å². The summed E-state index contributed by atoms with van der Waals surface area (Å²) in [6.45, 7) is 4.23. The lowest BCUT2D eigenvalue weighted by atomic mass is 9.85. The van der Waals surface area contributed by atoms with Crippen LogP contribution in [0.4, 0.5) is 5.69 Å². The molecule has 0 aliphatic carbocycles. The van der Waals surface area contributed by atoms with Gasteiger partial charge in [-0.2, -0.15) is 0 Å². The van der Waals surface area contributed by atoms with Crippen molar-refractivity contribution in [3.05, 3.63) is 59.7 Å². The molecule has 0 saturated carbocycles. The third-order valence-corrected chi connectivity index (χ3v) is 4.13. The lowest BCUT2D eigenvalue weighted by Crippen LogP contribution is -2.27. The molecular weight excluding hydrogens is 276 g/mol. The minimum absolute atomic E-state index is 0.0220. The number of nitrogens with one attached hydrogen (secondary N) is 1. The van der Waals surface area contributed by atoms with E-state index in [0.717, 1.165) is 22.6 Å². The molecule has 0 aromatic heterocycles. The predicted octanol–water partition coefficient (Wildman–Crippen LogP) is 3.00. The van der Waals surface area contributed by atoms with Gasteiger partial charge in [0.25, 0.3) is 0 Å². The van der Waals surface area contributed by atoms with Gasteiger partial charge in [-0.25, -0.2) is 0 Å². The van der Waals surface area contributed by atoms with Gasteiger partial charge in [0, 0.05) is 5.69 Å². The van der Waals surface area contributed by atoms with Crippen LogP contribution in [0.3, 0.4) is 0 Å². The second-order valence-corrected chi connectivity index (χ2v) is 6.11. The van der Waals surface area contributed by atoms with Crippen LogP contribution in [0.15, 0.2) is 48.5 Å². The van der Waals surface area contributed by atoms with E-state index in [1.807, 2.05) is 62.4 Å². The van der Waals surface area contributed by atoms with Crippen LogP contribution < -0.4 is 15.8 Å². The van der Waals surface area contributed by atoms with Crippen molar-refractivity contribution in [2.45, 2.75) is 25.3 Å². The van der Waals surface area contributed by atoms with Gasteiger partial charge in [-0.3, -0.25) is 4.79 Å². The summed E-state index contributed by atoms with van der Waals surface area (Å²) in [7, 11) is 0. The van der Waals surface area contributed by atoms with E-state index >= 15 is 0 Å². The SMILES string of the molecule is CC1(C)C(=O)Nc2ccc(C(N)COc3ccccc3)cc21. The van der Waals surface area contributed by atoms with Crippen molar-refractivity contribution in [3.8, 4) is 5.75 Å². The third-order valence-electron chi connectivity index (χ3n) is 4.13. The summed E-state index contributed by atoms with van der Waals surface area (Å²) in [5, 5.41) is 2.90. The van der Waals surface area contributed by atoms with Gasteiger partial charge in [0.05, 0.1) is 11.5 Å². The molecule has 1 atom stereocenters. The zero-order valence-corrected chi connectivity index (χ0v) is 12.8. The summed E-state index contributed by atoms with van der Waals surface area (Å²) < 4.78 is 5.71. The zero-order valence-electron chi connectivity index (χ0n) is 12.8. The second-order valence-electron chi connectivity index (χ2n) is 6.11. The molecule has 0 fully saturated rings. The van der Waals surface area contributed by atoms with E-state index in [9.17, 15) is 4.79 Å². The van der Waals surface area contributed by atoms with E-state index in [4.69, 9.17) is 10.5 Å². The Kier molecular flexibility index (Phi) is 3.62. The van der Waals surface area contributed by atoms with E-state index in [0.29, 0.717) is 6.61 Å². The van der Waals surface area contributed by atoms with E-state index in [1.54, 1.807) is 0 Å².